The van der Waals surface area contributed by atoms with Crippen molar-refractivity contribution in [3.05, 3.63) is 47.5 Å². The summed E-state index contributed by atoms with van der Waals surface area (Å²) < 4.78 is 10.9. The topological polar surface area (TPSA) is 99.4 Å². The molecule has 3 unspecified atom stereocenters. The fourth-order valence-corrected chi connectivity index (χ4v) is 2.59. The Morgan fingerprint density at radius 3 is 2.32 bits per heavy atom. The first kappa shape index (κ1) is 14.5. The zero-order chi connectivity index (χ0) is 15.9. The quantitative estimate of drug-likeness (QED) is 0.673. The van der Waals surface area contributed by atoms with Crippen LogP contribution in [0.4, 0.5) is 0 Å². The molecule has 0 aromatic heterocycles. The molecule has 1 aliphatic heterocycles. The third-order valence-corrected chi connectivity index (χ3v) is 3.74. The zero-order valence-corrected chi connectivity index (χ0v) is 11.8. The molecule has 6 heteroatoms. The molecule has 22 heavy (non-hydrogen) atoms. The minimum absolute atomic E-state index is 0.0882. The van der Waals surface area contributed by atoms with Gasteiger partial charge in [-0.15, -0.1) is 0 Å². The van der Waals surface area contributed by atoms with Gasteiger partial charge in [0.15, 0.2) is 17.6 Å². The van der Waals surface area contributed by atoms with E-state index in [0.717, 1.165) is 0 Å². The molecule has 4 N–H and O–H groups in total. The summed E-state index contributed by atoms with van der Waals surface area (Å²) in [4.78, 5) is 0. The lowest BCUT2D eigenvalue weighted by atomic mass is 9.92. The second-order valence-electron chi connectivity index (χ2n) is 5.10. The van der Waals surface area contributed by atoms with Crippen LogP contribution in [0.1, 0.15) is 23.3 Å². The number of hydrogen-bond donors (Lipinski definition) is 4. The van der Waals surface area contributed by atoms with E-state index >= 15 is 0 Å². The van der Waals surface area contributed by atoms with E-state index < -0.39 is 18.3 Å². The summed E-state index contributed by atoms with van der Waals surface area (Å²) in [7, 11) is 1.38. The van der Waals surface area contributed by atoms with Crippen LogP contribution in [0.15, 0.2) is 36.4 Å². The number of aliphatic hydroxyl groups is 2. The first-order valence-corrected chi connectivity index (χ1v) is 6.74. The summed E-state index contributed by atoms with van der Waals surface area (Å²) in [6.45, 7) is 0. The van der Waals surface area contributed by atoms with Crippen molar-refractivity contribution in [2.24, 2.45) is 0 Å². The van der Waals surface area contributed by atoms with Crippen molar-refractivity contribution < 1.29 is 29.9 Å². The van der Waals surface area contributed by atoms with E-state index in [-0.39, 0.29) is 23.0 Å². The highest BCUT2D eigenvalue weighted by Gasteiger charge is 2.39. The summed E-state index contributed by atoms with van der Waals surface area (Å²) >= 11 is 0. The lowest BCUT2D eigenvalue weighted by Crippen LogP contribution is -2.34. The maximum atomic E-state index is 10.3. The molecule has 0 aliphatic carbocycles. The number of benzene rings is 2. The highest BCUT2D eigenvalue weighted by Crippen LogP contribution is 2.49. The molecule has 1 heterocycles. The smallest absolute Gasteiger partial charge is 0.203 e. The molecule has 0 radical (unpaired) electrons. The fraction of sp³-hybridized carbons (Fsp3) is 0.250. The third kappa shape index (κ3) is 2.22. The van der Waals surface area contributed by atoms with Gasteiger partial charge >= 0.3 is 0 Å². The molecule has 116 valence electrons. The van der Waals surface area contributed by atoms with Crippen molar-refractivity contribution in [3.63, 3.8) is 0 Å². The number of fused-ring (bicyclic) bond motifs is 1. The van der Waals surface area contributed by atoms with Crippen molar-refractivity contribution in [2.75, 3.05) is 7.11 Å². The molecule has 2 aromatic carbocycles. The Hall–Kier alpha value is -2.44. The van der Waals surface area contributed by atoms with Crippen molar-refractivity contribution in [2.45, 2.75) is 18.3 Å². The molecule has 0 bridgehead atoms. The van der Waals surface area contributed by atoms with Gasteiger partial charge in [0.05, 0.1) is 7.11 Å². The van der Waals surface area contributed by atoms with Crippen LogP contribution in [0.2, 0.25) is 0 Å². The molecule has 0 fully saturated rings. The molecule has 3 atom stereocenters. The molecule has 1 aliphatic rings. The van der Waals surface area contributed by atoms with Gasteiger partial charge in [0.2, 0.25) is 5.75 Å². The number of methoxy groups -OCH3 is 1. The largest absolute Gasteiger partial charge is 0.508 e. The Bertz CT molecular complexity index is 682. The minimum atomic E-state index is -1.19. The van der Waals surface area contributed by atoms with Crippen molar-refractivity contribution in [3.8, 4) is 23.0 Å². The molecule has 0 saturated carbocycles. The maximum absolute atomic E-state index is 10.3. The van der Waals surface area contributed by atoms with Crippen LogP contribution < -0.4 is 9.47 Å². The van der Waals surface area contributed by atoms with Gasteiger partial charge in [-0.3, -0.25) is 0 Å². The second-order valence-corrected chi connectivity index (χ2v) is 5.10. The third-order valence-electron chi connectivity index (χ3n) is 3.74. The Labute approximate surface area is 126 Å². The molecule has 2 aromatic rings. The number of hydrogen-bond acceptors (Lipinski definition) is 6. The van der Waals surface area contributed by atoms with Gasteiger partial charge in [0, 0.05) is 5.56 Å². The summed E-state index contributed by atoms with van der Waals surface area (Å²) in [6, 6.07) is 8.97. The number of ether oxygens (including phenoxy) is 2. The fourth-order valence-electron chi connectivity index (χ4n) is 2.59. The molecule has 0 spiro atoms. The number of rotatable bonds is 2. The van der Waals surface area contributed by atoms with Crippen molar-refractivity contribution in [1.29, 1.82) is 0 Å². The highest BCUT2D eigenvalue weighted by atomic mass is 16.5. The summed E-state index contributed by atoms with van der Waals surface area (Å²) in [5.74, 6) is 0.269. The van der Waals surface area contributed by atoms with E-state index in [2.05, 4.69) is 0 Å². The average molecular weight is 304 g/mol. The number of aliphatic hydroxyl groups excluding tert-OH is 2. The SMILES string of the molecule is COc1c(O)ccc2c1OC(c1ccc(O)cc1)C(O)C2O. The molecule has 0 amide bonds. The maximum Gasteiger partial charge on any atom is 0.203 e. The molecule has 3 rings (SSSR count). The number of phenols is 2. The Morgan fingerprint density at radius 1 is 1.00 bits per heavy atom. The lowest BCUT2D eigenvalue weighted by Gasteiger charge is -2.35. The van der Waals surface area contributed by atoms with Crippen LogP contribution in [0.5, 0.6) is 23.0 Å². The molecule has 6 nitrogen and oxygen atoms in total. The van der Waals surface area contributed by atoms with Crippen LogP contribution in [0.25, 0.3) is 0 Å². The highest BCUT2D eigenvalue weighted by molar-refractivity contribution is 5.57. The summed E-state index contributed by atoms with van der Waals surface area (Å²) in [5.41, 5.74) is 0.928. The van der Waals surface area contributed by atoms with Crippen LogP contribution >= 0.6 is 0 Å². The molecular formula is C16H16O6. The van der Waals surface area contributed by atoms with E-state index in [4.69, 9.17) is 9.47 Å². The monoisotopic (exact) mass is 304 g/mol. The van der Waals surface area contributed by atoms with Crippen LogP contribution in [-0.2, 0) is 0 Å². The Morgan fingerprint density at radius 2 is 1.68 bits per heavy atom. The van der Waals surface area contributed by atoms with E-state index in [0.29, 0.717) is 11.1 Å². The van der Waals surface area contributed by atoms with Gasteiger partial charge in [-0.1, -0.05) is 12.1 Å². The molecular weight excluding hydrogens is 288 g/mol. The average Bonchev–Trinajstić information content (AvgIpc) is 2.51. The minimum Gasteiger partial charge on any atom is -0.508 e. The van der Waals surface area contributed by atoms with Crippen LogP contribution in [-0.4, -0.2) is 33.6 Å². The standard InChI is InChI=1S/C16H16O6/c1-21-16-11(18)7-6-10-12(19)13(20)14(22-15(10)16)8-2-4-9(17)5-3-8/h2-7,12-14,17-20H,1H3. The van der Waals surface area contributed by atoms with E-state index in [1.165, 1.54) is 31.4 Å². The Kier molecular flexibility index (Phi) is 3.56. The number of phenolic OH excluding ortho intramolecular Hbond substituents is 2. The predicted octanol–water partition coefficient (Wildman–Crippen LogP) is 1.63. The van der Waals surface area contributed by atoms with E-state index in [1.807, 2.05) is 0 Å². The normalized spacial score (nSPS) is 23.5. The van der Waals surface area contributed by atoms with Crippen LogP contribution in [0, 0.1) is 0 Å². The van der Waals surface area contributed by atoms with Crippen molar-refractivity contribution in [1.82, 2.24) is 0 Å². The predicted molar refractivity (Wildman–Crippen MR) is 77.1 cm³/mol. The van der Waals surface area contributed by atoms with Gasteiger partial charge < -0.3 is 29.9 Å². The van der Waals surface area contributed by atoms with Gasteiger partial charge in [0.1, 0.15) is 18.0 Å². The summed E-state index contributed by atoms with van der Waals surface area (Å²) in [5, 5.41) is 39.8. The van der Waals surface area contributed by atoms with E-state index in [1.54, 1.807) is 12.1 Å². The van der Waals surface area contributed by atoms with Gasteiger partial charge in [-0.25, -0.2) is 0 Å². The number of aromatic hydroxyl groups is 2. The lowest BCUT2D eigenvalue weighted by molar-refractivity contribution is -0.0710. The first-order chi connectivity index (χ1) is 10.5. The second kappa shape index (κ2) is 5.40. The first-order valence-electron chi connectivity index (χ1n) is 6.74. The van der Waals surface area contributed by atoms with Gasteiger partial charge in [0.25, 0.3) is 0 Å². The Balaban J connectivity index is 2.07. The zero-order valence-electron chi connectivity index (χ0n) is 11.8. The molecule has 0 saturated heterocycles. The van der Waals surface area contributed by atoms with Gasteiger partial charge in [-0.2, -0.15) is 0 Å². The van der Waals surface area contributed by atoms with E-state index in [9.17, 15) is 20.4 Å². The van der Waals surface area contributed by atoms with Gasteiger partial charge in [-0.05, 0) is 29.8 Å². The van der Waals surface area contributed by atoms with Crippen molar-refractivity contribution >= 4 is 0 Å². The van der Waals surface area contributed by atoms with Crippen LogP contribution in [0.3, 0.4) is 0 Å². The summed E-state index contributed by atoms with van der Waals surface area (Å²) in [6.07, 6.45) is -3.22.